The zero-order valence-electron chi connectivity index (χ0n) is 9.99. The molecule has 0 spiro atoms. The van der Waals surface area contributed by atoms with Crippen molar-refractivity contribution in [3.8, 4) is 0 Å². The van der Waals surface area contributed by atoms with Crippen LogP contribution in [-0.2, 0) is 0 Å². The van der Waals surface area contributed by atoms with Crippen molar-refractivity contribution in [2.24, 2.45) is 5.10 Å². The smallest absolute Gasteiger partial charge is 0.267 e. The lowest BCUT2D eigenvalue weighted by atomic mass is 10.3. The Kier molecular flexibility index (Phi) is 3.18. The third-order valence-corrected chi connectivity index (χ3v) is 2.27. The monoisotopic (exact) mass is 248 g/mol. The molecule has 0 unspecified atom stereocenters. The summed E-state index contributed by atoms with van der Waals surface area (Å²) in [5.74, 6) is -0.438. The van der Waals surface area contributed by atoms with Crippen LogP contribution >= 0.6 is 0 Å². The van der Waals surface area contributed by atoms with Gasteiger partial charge < -0.3 is 0 Å². The Bertz CT molecular complexity index is 500. The highest BCUT2D eigenvalue weighted by atomic mass is 16.2. The zero-order valence-corrected chi connectivity index (χ0v) is 9.99. The maximum Gasteiger partial charge on any atom is 0.359 e. The Balaban J connectivity index is 2.09. The molecule has 0 radical (unpaired) electrons. The lowest BCUT2D eigenvalue weighted by molar-refractivity contribution is 0.0802. The first-order valence-electron chi connectivity index (χ1n) is 5.23. The topological polar surface area (TPSA) is 90.8 Å². The van der Waals surface area contributed by atoms with Gasteiger partial charge in [-0.05, 0) is 6.92 Å². The molecule has 0 saturated carbocycles. The van der Waals surface area contributed by atoms with E-state index in [1.165, 1.54) is 35.8 Å². The highest BCUT2D eigenvalue weighted by Crippen LogP contribution is 2.04. The normalized spacial score (nSPS) is 15.4. The Labute approximate surface area is 103 Å². The number of hydrogen-bond acceptors (Lipinski definition) is 5. The van der Waals surface area contributed by atoms with Crippen LogP contribution in [0.25, 0.3) is 0 Å². The van der Waals surface area contributed by atoms with Crippen molar-refractivity contribution in [2.75, 3.05) is 13.6 Å². The SMILES string of the molecule is CC1=NN(C)C(=O)N(NC(=O)c2cncnc2)C1. The fourth-order valence-corrected chi connectivity index (χ4v) is 1.49. The fraction of sp³-hybridized carbons (Fsp3) is 0.300. The second-order valence-electron chi connectivity index (χ2n) is 3.80. The molecule has 18 heavy (non-hydrogen) atoms. The van der Waals surface area contributed by atoms with Gasteiger partial charge in [0.05, 0.1) is 17.8 Å². The highest BCUT2D eigenvalue weighted by molar-refractivity contribution is 5.97. The van der Waals surface area contributed by atoms with Crippen molar-refractivity contribution >= 4 is 17.6 Å². The van der Waals surface area contributed by atoms with Gasteiger partial charge in [0.2, 0.25) is 0 Å². The molecule has 0 saturated heterocycles. The minimum Gasteiger partial charge on any atom is -0.267 e. The number of hydrogen-bond donors (Lipinski definition) is 1. The summed E-state index contributed by atoms with van der Waals surface area (Å²) >= 11 is 0. The van der Waals surface area contributed by atoms with Gasteiger partial charge in [-0.3, -0.25) is 10.2 Å². The number of carbonyl (C=O) groups excluding carboxylic acids is 2. The molecule has 1 aliphatic heterocycles. The minimum atomic E-state index is -0.438. The molecule has 0 atom stereocenters. The summed E-state index contributed by atoms with van der Waals surface area (Å²) in [4.78, 5) is 31.0. The number of nitrogens with one attached hydrogen (secondary N) is 1. The first-order chi connectivity index (χ1) is 8.58. The van der Waals surface area contributed by atoms with Gasteiger partial charge in [-0.15, -0.1) is 0 Å². The van der Waals surface area contributed by atoms with Crippen molar-refractivity contribution < 1.29 is 9.59 Å². The van der Waals surface area contributed by atoms with E-state index in [1.54, 1.807) is 6.92 Å². The van der Waals surface area contributed by atoms with Crippen LogP contribution in [0.5, 0.6) is 0 Å². The van der Waals surface area contributed by atoms with Gasteiger partial charge in [0.1, 0.15) is 6.33 Å². The summed E-state index contributed by atoms with van der Waals surface area (Å²) in [6, 6.07) is -0.397. The minimum absolute atomic E-state index is 0.253. The van der Waals surface area contributed by atoms with Crippen LogP contribution in [0.4, 0.5) is 4.79 Å². The van der Waals surface area contributed by atoms with E-state index in [2.05, 4.69) is 20.5 Å². The van der Waals surface area contributed by atoms with Crippen LogP contribution < -0.4 is 5.43 Å². The van der Waals surface area contributed by atoms with Gasteiger partial charge in [0, 0.05) is 19.4 Å². The molecule has 0 fully saturated rings. The van der Waals surface area contributed by atoms with Crippen molar-refractivity contribution in [3.63, 3.8) is 0 Å². The molecule has 2 rings (SSSR count). The quantitative estimate of drug-likeness (QED) is 0.789. The van der Waals surface area contributed by atoms with Gasteiger partial charge in [-0.2, -0.15) is 5.10 Å². The van der Waals surface area contributed by atoms with Gasteiger partial charge in [-0.1, -0.05) is 0 Å². The summed E-state index contributed by atoms with van der Waals surface area (Å²) in [6.07, 6.45) is 4.08. The molecule has 2 heterocycles. The molecular formula is C10H12N6O2. The van der Waals surface area contributed by atoms with E-state index in [1.807, 2.05) is 0 Å². The third-order valence-electron chi connectivity index (χ3n) is 2.27. The summed E-state index contributed by atoms with van der Waals surface area (Å²) in [6.45, 7) is 2.02. The molecule has 1 aliphatic rings. The number of hydrazine groups is 1. The van der Waals surface area contributed by atoms with Crippen molar-refractivity contribution in [3.05, 3.63) is 24.3 Å². The molecule has 0 bridgehead atoms. The molecule has 0 aromatic carbocycles. The Morgan fingerprint density at radius 3 is 2.72 bits per heavy atom. The first kappa shape index (κ1) is 12.0. The van der Waals surface area contributed by atoms with E-state index in [0.717, 1.165) is 5.71 Å². The van der Waals surface area contributed by atoms with Crippen molar-refractivity contribution in [2.45, 2.75) is 6.92 Å². The van der Waals surface area contributed by atoms with Crippen LogP contribution in [0.15, 0.2) is 23.8 Å². The van der Waals surface area contributed by atoms with Gasteiger partial charge in [0.15, 0.2) is 0 Å². The van der Waals surface area contributed by atoms with Crippen molar-refractivity contribution in [1.29, 1.82) is 0 Å². The van der Waals surface area contributed by atoms with Crippen LogP contribution in [0, 0.1) is 0 Å². The first-order valence-corrected chi connectivity index (χ1v) is 5.23. The average Bonchev–Trinajstić information content (AvgIpc) is 2.36. The van der Waals surface area contributed by atoms with Crippen molar-refractivity contribution in [1.82, 2.24) is 25.4 Å². The Hall–Kier alpha value is -2.51. The molecule has 1 aromatic heterocycles. The summed E-state index contributed by atoms with van der Waals surface area (Å²) < 4.78 is 0. The van der Waals surface area contributed by atoms with Gasteiger partial charge in [0.25, 0.3) is 5.91 Å². The van der Waals surface area contributed by atoms with E-state index in [9.17, 15) is 9.59 Å². The van der Waals surface area contributed by atoms with E-state index in [4.69, 9.17) is 0 Å². The fourth-order valence-electron chi connectivity index (χ4n) is 1.49. The number of amides is 3. The second-order valence-corrected chi connectivity index (χ2v) is 3.80. The maximum atomic E-state index is 11.8. The molecule has 1 aromatic rings. The number of carbonyl (C=O) groups is 2. The number of nitrogens with zero attached hydrogens (tertiary/aromatic N) is 5. The van der Waals surface area contributed by atoms with Crippen LogP contribution in [0.1, 0.15) is 17.3 Å². The average molecular weight is 248 g/mol. The third kappa shape index (κ3) is 2.42. The van der Waals surface area contributed by atoms with E-state index in [0.29, 0.717) is 0 Å². The Morgan fingerprint density at radius 2 is 2.06 bits per heavy atom. The maximum absolute atomic E-state index is 11.8. The molecule has 3 amide bonds. The van der Waals surface area contributed by atoms with Crippen LogP contribution in [0.2, 0.25) is 0 Å². The van der Waals surface area contributed by atoms with Gasteiger partial charge >= 0.3 is 6.03 Å². The molecule has 8 nitrogen and oxygen atoms in total. The molecule has 0 aliphatic carbocycles. The zero-order chi connectivity index (χ0) is 13.1. The van der Waals surface area contributed by atoms with E-state index < -0.39 is 11.9 Å². The summed E-state index contributed by atoms with van der Waals surface area (Å²) in [7, 11) is 1.52. The number of hydrazone groups is 1. The lowest BCUT2D eigenvalue weighted by Crippen LogP contribution is -2.54. The van der Waals surface area contributed by atoms with Crippen LogP contribution in [0.3, 0.4) is 0 Å². The largest absolute Gasteiger partial charge is 0.359 e. The molecule has 94 valence electrons. The number of urea groups is 1. The lowest BCUT2D eigenvalue weighted by Gasteiger charge is -2.30. The molecular weight excluding hydrogens is 236 g/mol. The van der Waals surface area contributed by atoms with E-state index >= 15 is 0 Å². The van der Waals surface area contributed by atoms with Crippen LogP contribution in [-0.4, -0.2) is 51.2 Å². The highest BCUT2D eigenvalue weighted by Gasteiger charge is 2.25. The second kappa shape index (κ2) is 4.78. The molecule has 8 heteroatoms. The summed E-state index contributed by atoms with van der Waals surface area (Å²) in [5, 5.41) is 6.34. The number of rotatable bonds is 2. The number of aromatic nitrogens is 2. The predicted molar refractivity (Wildman–Crippen MR) is 62.5 cm³/mol. The Morgan fingerprint density at radius 1 is 1.39 bits per heavy atom. The standard InChI is InChI=1S/C10H12N6O2/c1-7-5-16(10(18)15(2)13-7)14-9(17)8-3-11-6-12-4-8/h3-4,6H,5H2,1-2H3,(H,14,17). The van der Waals surface area contributed by atoms with Gasteiger partial charge in [-0.25, -0.2) is 24.8 Å². The van der Waals surface area contributed by atoms with E-state index in [-0.39, 0.29) is 12.1 Å². The summed E-state index contributed by atoms with van der Waals surface area (Å²) in [5.41, 5.74) is 3.50. The predicted octanol–water partition coefficient (Wildman–Crippen LogP) is -0.135. The molecule has 1 N–H and O–H groups in total.